The molecule has 5 heteroatoms. The van der Waals surface area contributed by atoms with Crippen LogP contribution >= 0.6 is 11.3 Å². The molecular formula is C13H21N3OS. The smallest absolute Gasteiger partial charge is 0.186 e. The van der Waals surface area contributed by atoms with Crippen LogP contribution in [0.5, 0.6) is 0 Å². The maximum Gasteiger partial charge on any atom is 0.186 e. The van der Waals surface area contributed by atoms with Gasteiger partial charge in [-0.25, -0.2) is 4.98 Å². The van der Waals surface area contributed by atoms with Crippen LogP contribution in [0, 0.1) is 0 Å². The van der Waals surface area contributed by atoms with Crippen LogP contribution < -0.4 is 4.90 Å². The van der Waals surface area contributed by atoms with Gasteiger partial charge in [-0.3, -0.25) is 4.79 Å². The fourth-order valence-electron chi connectivity index (χ4n) is 2.22. The minimum atomic E-state index is 0.539. The van der Waals surface area contributed by atoms with Crippen molar-refractivity contribution in [2.75, 3.05) is 31.6 Å². The van der Waals surface area contributed by atoms with E-state index in [0.29, 0.717) is 6.04 Å². The van der Waals surface area contributed by atoms with E-state index in [1.165, 1.54) is 11.3 Å². The van der Waals surface area contributed by atoms with Gasteiger partial charge in [0.15, 0.2) is 11.4 Å². The van der Waals surface area contributed by atoms with Crippen molar-refractivity contribution in [3.8, 4) is 0 Å². The second-order valence-electron chi connectivity index (χ2n) is 4.95. The van der Waals surface area contributed by atoms with Crippen LogP contribution in [0.1, 0.15) is 35.6 Å². The Kier molecular flexibility index (Phi) is 4.35. The van der Waals surface area contributed by atoms with Crippen molar-refractivity contribution in [2.24, 2.45) is 0 Å². The lowest BCUT2D eigenvalue weighted by atomic mass is 10.2. The molecule has 1 aromatic rings. The molecule has 1 atom stereocenters. The number of piperazine rings is 1. The predicted molar refractivity (Wildman–Crippen MR) is 75.8 cm³/mol. The molecule has 0 aromatic carbocycles. The van der Waals surface area contributed by atoms with E-state index < -0.39 is 0 Å². The molecule has 2 rings (SSSR count). The summed E-state index contributed by atoms with van der Waals surface area (Å²) < 4.78 is 0. The van der Waals surface area contributed by atoms with Crippen LogP contribution in [0.15, 0.2) is 0 Å². The Morgan fingerprint density at radius 2 is 2.28 bits per heavy atom. The molecule has 18 heavy (non-hydrogen) atoms. The zero-order chi connectivity index (χ0) is 13.1. The molecule has 1 unspecified atom stereocenters. The van der Waals surface area contributed by atoms with E-state index in [1.54, 1.807) is 0 Å². The molecule has 2 heterocycles. The third kappa shape index (κ3) is 2.72. The van der Waals surface area contributed by atoms with E-state index in [0.717, 1.165) is 54.5 Å². The summed E-state index contributed by atoms with van der Waals surface area (Å²) in [5.41, 5.74) is 0.971. The number of hydrogen-bond donors (Lipinski definition) is 0. The summed E-state index contributed by atoms with van der Waals surface area (Å²) >= 11 is 1.54. The van der Waals surface area contributed by atoms with Gasteiger partial charge in [-0.05, 0) is 20.4 Å². The van der Waals surface area contributed by atoms with Crippen molar-refractivity contribution in [2.45, 2.75) is 32.7 Å². The van der Waals surface area contributed by atoms with E-state index in [4.69, 9.17) is 0 Å². The van der Waals surface area contributed by atoms with Gasteiger partial charge in [-0.2, -0.15) is 0 Å². The molecule has 1 aliphatic rings. The van der Waals surface area contributed by atoms with Gasteiger partial charge < -0.3 is 9.80 Å². The van der Waals surface area contributed by atoms with Gasteiger partial charge in [0.05, 0.1) is 10.6 Å². The number of rotatable bonds is 4. The normalized spacial score (nSPS) is 21.3. The second kappa shape index (κ2) is 5.80. The number of hydrogen-bond acceptors (Lipinski definition) is 5. The van der Waals surface area contributed by atoms with Crippen LogP contribution in [0.3, 0.4) is 0 Å². The van der Waals surface area contributed by atoms with Crippen LogP contribution in [0.4, 0.5) is 5.13 Å². The van der Waals surface area contributed by atoms with Crippen molar-refractivity contribution in [1.29, 1.82) is 0 Å². The van der Waals surface area contributed by atoms with Crippen molar-refractivity contribution >= 4 is 22.8 Å². The second-order valence-corrected chi connectivity index (χ2v) is 5.96. The van der Waals surface area contributed by atoms with E-state index in [9.17, 15) is 4.79 Å². The molecule has 1 aliphatic heterocycles. The fraction of sp³-hybridized carbons (Fsp3) is 0.692. The topological polar surface area (TPSA) is 36.4 Å². The van der Waals surface area contributed by atoms with Crippen molar-refractivity contribution in [3.63, 3.8) is 0 Å². The number of anilines is 1. The van der Waals surface area contributed by atoms with Gasteiger partial charge >= 0.3 is 0 Å². The largest absolute Gasteiger partial charge is 0.345 e. The maximum atomic E-state index is 11.1. The van der Waals surface area contributed by atoms with Crippen molar-refractivity contribution in [1.82, 2.24) is 9.88 Å². The Morgan fingerprint density at radius 1 is 1.50 bits per heavy atom. The van der Waals surface area contributed by atoms with Crippen LogP contribution in [0.2, 0.25) is 0 Å². The summed E-state index contributed by atoms with van der Waals surface area (Å²) in [5.74, 6) is 0. The molecular weight excluding hydrogens is 246 g/mol. The van der Waals surface area contributed by atoms with E-state index in [1.807, 2.05) is 0 Å². The molecule has 0 aliphatic carbocycles. The Bertz CT molecular complexity index is 418. The molecule has 0 saturated carbocycles. The van der Waals surface area contributed by atoms with Gasteiger partial charge in [0.1, 0.15) is 0 Å². The molecule has 4 nitrogen and oxygen atoms in total. The molecule has 0 N–H and O–H groups in total. The van der Waals surface area contributed by atoms with E-state index in [2.05, 4.69) is 35.7 Å². The third-order valence-corrected chi connectivity index (χ3v) is 4.62. The van der Waals surface area contributed by atoms with Crippen LogP contribution in [-0.4, -0.2) is 48.9 Å². The molecule has 0 amide bonds. The van der Waals surface area contributed by atoms with Gasteiger partial charge in [0, 0.05) is 25.7 Å². The first-order valence-electron chi connectivity index (χ1n) is 6.55. The fourth-order valence-corrected chi connectivity index (χ4v) is 3.18. The number of nitrogens with zero attached hydrogens (tertiary/aromatic N) is 3. The van der Waals surface area contributed by atoms with Crippen LogP contribution in [-0.2, 0) is 6.42 Å². The molecule has 1 fully saturated rings. The van der Waals surface area contributed by atoms with E-state index >= 15 is 0 Å². The number of aromatic nitrogens is 1. The zero-order valence-corrected chi connectivity index (χ0v) is 12.2. The molecule has 100 valence electrons. The lowest BCUT2D eigenvalue weighted by Crippen LogP contribution is -2.50. The first-order chi connectivity index (χ1) is 8.65. The number of carbonyl (C=O) groups excluding carboxylic acids is 1. The highest BCUT2D eigenvalue weighted by atomic mass is 32.1. The SMILES string of the molecule is CCCc1nc(N2CCN(C)C(C)C2)sc1C=O. The first kappa shape index (κ1) is 13.5. The van der Waals surface area contributed by atoms with Crippen molar-refractivity contribution < 1.29 is 4.79 Å². The average molecular weight is 267 g/mol. The van der Waals surface area contributed by atoms with Gasteiger partial charge in [0.2, 0.25) is 0 Å². The summed E-state index contributed by atoms with van der Waals surface area (Å²) in [6.07, 6.45) is 2.88. The third-order valence-electron chi connectivity index (χ3n) is 3.54. The van der Waals surface area contributed by atoms with Crippen LogP contribution in [0.25, 0.3) is 0 Å². The quantitative estimate of drug-likeness (QED) is 0.782. The lowest BCUT2D eigenvalue weighted by Gasteiger charge is -2.37. The lowest BCUT2D eigenvalue weighted by molar-refractivity contribution is 0.112. The summed E-state index contributed by atoms with van der Waals surface area (Å²) in [7, 11) is 2.16. The standard InChI is InChI=1S/C13H21N3OS/c1-4-5-11-12(9-17)18-13(14-11)16-7-6-15(3)10(2)8-16/h9-10H,4-8H2,1-3H3. The average Bonchev–Trinajstić information content (AvgIpc) is 2.76. The first-order valence-corrected chi connectivity index (χ1v) is 7.37. The van der Waals surface area contributed by atoms with E-state index in [-0.39, 0.29) is 0 Å². The number of aryl methyl sites for hydroxylation is 1. The number of thiazole rings is 1. The highest BCUT2D eigenvalue weighted by Crippen LogP contribution is 2.27. The van der Waals surface area contributed by atoms with Gasteiger partial charge in [0.25, 0.3) is 0 Å². The molecule has 0 bridgehead atoms. The molecule has 1 aromatic heterocycles. The molecule has 1 saturated heterocycles. The summed E-state index contributed by atoms with van der Waals surface area (Å²) in [6.45, 7) is 7.39. The van der Waals surface area contributed by atoms with Gasteiger partial charge in [-0.15, -0.1) is 0 Å². The molecule has 0 spiro atoms. The Labute approximate surface area is 113 Å². The summed E-state index contributed by atoms with van der Waals surface area (Å²) in [4.78, 5) is 21.2. The Morgan fingerprint density at radius 3 is 2.89 bits per heavy atom. The minimum Gasteiger partial charge on any atom is -0.345 e. The van der Waals surface area contributed by atoms with Gasteiger partial charge in [-0.1, -0.05) is 24.7 Å². The monoisotopic (exact) mass is 267 g/mol. The maximum absolute atomic E-state index is 11.1. The Balaban J connectivity index is 2.15. The number of likely N-dealkylation sites (N-methyl/N-ethyl adjacent to an activating group) is 1. The summed E-state index contributed by atoms with van der Waals surface area (Å²) in [6, 6.07) is 0.539. The zero-order valence-electron chi connectivity index (χ0n) is 11.3. The summed E-state index contributed by atoms with van der Waals surface area (Å²) in [5, 5.41) is 1.01. The number of carbonyl (C=O) groups is 1. The molecule has 0 radical (unpaired) electrons. The predicted octanol–water partition coefficient (Wildman–Crippen LogP) is 2.05. The minimum absolute atomic E-state index is 0.539. The number of aldehydes is 1. The highest BCUT2D eigenvalue weighted by molar-refractivity contribution is 7.17. The Hall–Kier alpha value is -0.940. The highest BCUT2D eigenvalue weighted by Gasteiger charge is 2.23. The van der Waals surface area contributed by atoms with Crippen molar-refractivity contribution in [3.05, 3.63) is 10.6 Å².